The van der Waals surface area contributed by atoms with Gasteiger partial charge in [0.2, 0.25) is 0 Å². The van der Waals surface area contributed by atoms with Crippen molar-refractivity contribution in [3.63, 3.8) is 0 Å². The van der Waals surface area contributed by atoms with Crippen LogP contribution in [0.25, 0.3) is 5.69 Å². The minimum atomic E-state index is 0.0690. The van der Waals surface area contributed by atoms with Gasteiger partial charge in [-0.1, -0.05) is 24.3 Å². The van der Waals surface area contributed by atoms with E-state index >= 15 is 0 Å². The summed E-state index contributed by atoms with van der Waals surface area (Å²) >= 11 is 0. The molecule has 0 bridgehead atoms. The Bertz CT molecular complexity index is 795. The summed E-state index contributed by atoms with van der Waals surface area (Å²) in [5, 5.41) is 14.3. The van der Waals surface area contributed by atoms with Crippen LogP contribution >= 0.6 is 0 Å². The van der Waals surface area contributed by atoms with Gasteiger partial charge in [0, 0.05) is 17.8 Å². The highest BCUT2D eigenvalue weighted by Gasteiger charge is 2.06. The second-order valence-electron chi connectivity index (χ2n) is 4.59. The van der Waals surface area contributed by atoms with Crippen LogP contribution in [0.15, 0.2) is 65.8 Å². The minimum absolute atomic E-state index is 0.0690. The van der Waals surface area contributed by atoms with Crippen LogP contribution in [-0.2, 0) is 0 Å². The number of benzene rings is 2. The molecule has 5 heteroatoms. The molecule has 0 aliphatic carbocycles. The fraction of sp³-hybridized carbons (Fsp3) is 0.0588. The van der Waals surface area contributed by atoms with E-state index in [9.17, 15) is 5.11 Å². The van der Waals surface area contributed by atoms with Gasteiger partial charge in [-0.05, 0) is 24.3 Å². The minimum Gasteiger partial charge on any atom is -0.504 e. The van der Waals surface area contributed by atoms with Crippen LogP contribution in [-0.4, -0.2) is 28.2 Å². The first-order chi connectivity index (χ1) is 10.8. The summed E-state index contributed by atoms with van der Waals surface area (Å²) < 4.78 is 6.82. The number of aromatic nitrogens is 2. The molecule has 3 aromatic rings. The van der Waals surface area contributed by atoms with Crippen molar-refractivity contribution in [2.45, 2.75) is 0 Å². The van der Waals surface area contributed by atoms with E-state index in [1.54, 1.807) is 41.4 Å². The molecule has 0 atom stereocenters. The quantitative estimate of drug-likeness (QED) is 0.750. The number of hydrogen-bond acceptors (Lipinski definition) is 4. The van der Waals surface area contributed by atoms with E-state index in [0.29, 0.717) is 17.1 Å². The van der Waals surface area contributed by atoms with Crippen molar-refractivity contribution in [1.82, 2.24) is 9.78 Å². The van der Waals surface area contributed by atoms with Gasteiger partial charge in [0.05, 0.1) is 19.0 Å². The third-order valence-electron chi connectivity index (χ3n) is 3.21. The lowest BCUT2D eigenvalue weighted by molar-refractivity contribution is 0.373. The molecule has 0 aliphatic rings. The Hall–Kier alpha value is -3.08. The largest absolute Gasteiger partial charge is 0.504 e. The van der Waals surface area contributed by atoms with Gasteiger partial charge < -0.3 is 9.84 Å². The lowest BCUT2D eigenvalue weighted by Crippen LogP contribution is -1.95. The van der Waals surface area contributed by atoms with Gasteiger partial charge in [0.1, 0.15) is 0 Å². The number of nitrogens with zero attached hydrogens (tertiary/aromatic N) is 3. The van der Waals surface area contributed by atoms with E-state index in [4.69, 9.17) is 4.74 Å². The second kappa shape index (κ2) is 6.13. The van der Waals surface area contributed by atoms with Crippen molar-refractivity contribution < 1.29 is 9.84 Å². The molecule has 0 fully saturated rings. The zero-order valence-corrected chi connectivity index (χ0v) is 12.0. The maximum Gasteiger partial charge on any atom is 0.166 e. The summed E-state index contributed by atoms with van der Waals surface area (Å²) in [7, 11) is 1.51. The number of methoxy groups -OCH3 is 1. The molecule has 1 heterocycles. The van der Waals surface area contributed by atoms with Crippen LogP contribution < -0.4 is 4.74 Å². The molecule has 0 saturated carbocycles. The first-order valence-corrected chi connectivity index (χ1v) is 6.79. The average molecular weight is 293 g/mol. The SMILES string of the molecule is COc1cccc(/C=N/c2ccnn2-c2ccccc2)c1O. The van der Waals surface area contributed by atoms with E-state index in [1.807, 2.05) is 30.3 Å². The third-order valence-corrected chi connectivity index (χ3v) is 3.21. The Kier molecular flexibility index (Phi) is 3.87. The van der Waals surface area contributed by atoms with Crippen LogP contribution in [0.5, 0.6) is 11.5 Å². The molecule has 0 unspecified atom stereocenters. The normalized spacial score (nSPS) is 11.0. The molecule has 0 aliphatic heterocycles. The Labute approximate surface area is 128 Å². The smallest absolute Gasteiger partial charge is 0.166 e. The van der Waals surface area contributed by atoms with Crippen LogP contribution in [0.1, 0.15) is 5.56 Å². The molecule has 0 saturated heterocycles. The number of phenolic OH excluding ortho intramolecular Hbond substituents is 1. The van der Waals surface area contributed by atoms with E-state index in [1.165, 1.54) is 7.11 Å². The molecule has 2 aromatic carbocycles. The average Bonchev–Trinajstić information content (AvgIpc) is 3.03. The third kappa shape index (κ3) is 2.69. The van der Waals surface area contributed by atoms with Gasteiger partial charge in [0.25, 0.3) is 0 Å². The number of aromatic hydroxyl groups is 1. The van der Waals surface area contributed by atoms with Gasteiger partial charge in [-0.3, -0.25) is 0 Å². The number of rotatable bonds is 4. The number of para-hydroxylation sites is 2. The van der Waals surface area contributed by atoms with Gasteiger partial charge in [-0.2, -0.15) is 5.10 Å². The Morgan fingerprint density at radius 2 is 1.91 bits per heavy atom. The molecule has 1 aromatic heterocycles. The number of hydrogen-bond donors (Lipinski definition) is 1. The summed E-state index contributed by atoms with van der Waals surface area (Å²) in [5.41, 5.74) is 1.51. The highest BCUT2D eigenvalue weighted by atomic mass is 16.5. The highest BCUT2D eigenvalue weighted by Crippen LogP contribution is 2.28. The lowest BCUT2D eigenvalue weighted by Gasteiger charge is -2.05. The maximum absolute atomic E-state index is 10.1. The summed E-state index contributed by atoms with van der Waals surface area (Å²) in [6.07, 6.45) is 3.28. The molecule has 110 valence electrons. The van der Waals surface area contributed by atoms with Gasteiger partial charge in [-0.15, -0.1) is 0 Å². The van der Waals surface area contributed by atoms with Crippen molar-refractivity contribution in [2.75, 3.05) is 7.11 Å². The molecule has 0 spiro atoms. The van der Waals surface area contributed by atoms with Crippen molar-refractivity contribution in [3.05, 3.63) is 66.4 Å². The molecular weight excluding hydrogens is 278 g/mol. The van der Waals surface area contributed by atoms with E-state index in [-0.39, 0.29) is 5.75 Å². The molecule has 5 nitrogen and oxygen atoms in total. The predicted molar refractivity (Wildman–Crippen MR) is 85.5 cm³/mol. The molecule has 22 heavy (non-hydrogen) atoms. The fourth-order valence-corrected chi connectivity index (χ4v) is 2.11. The predicted octanol–water partition coefficient (Wildman–Crippen LogP) is 3.34. The van der Waals surface area contributed by atoms with Crippen molar-refractivity contribution >= 4 is 12.0 Å². The molecule has 0 radical (unpaired) electrons. The number of phenols is 1. The zero-order chi connectivity index (χ0) is 15.4. The molecule has 3 rings (SSSR count). The molecular formula is C17H15N3O2. The van der Waals surface area contributed by atoms with Gasteiger partial charge >= 0.3 is 0 Å². The summed E-state index contributed by atoms with van der Waals surface area (Å²) in [6, 6.07) is 16.8. The van der Waals surface area contributed by atoms with E-state index in [2.05, 4.69) is 10.1 Å². The zero-order valence-electron chi connectivity index (χ0n) is 12.0. The standard InChI is InChI=1S/C17H15N3O2/c1-22-15-9-5-6-13(17(15)21)12-18-16-10-11-19-20(16)14-7-3-2-4-8-14/h2-12,21H,1H3/b18-12+. The first kappa shape index (κ1) is 13.9. The lowest BCUT2D eigenvalue weighted by atomic mass is 10.2. The van der Waals surface area contributed by atoms with Gasteiger partial charge in [-0.25, -0.2) is 9.67 Å². The first-order valence-electron chi connectivity index (χ1n) is 6.79. The Balaban J connectivity index is 1.93. The van der Waals surface area contributed by atoms with Crippen molar-refractivity contribution in [2.24, 2.45) is 4.99 Å². The van der Waals surface area contributed by atoms with Crippen LogP contribution in [0.4, 0.5) is 5.82 Å². The van der Waals surface area contributed by atoms with Crippen LogP contribution in [0, 0.1) is 0 Å². The maximum atomic E-state index is 10.1. The van der Waals surface area contributed by atoms with Gasteiger partial charge in [0.15, 0.2) is 17.3 Å². The van der Waals surface area contributed by atoms with E-state index in [0.717, 1.165) is 5.69 Å². The Morgan fingerprint density at radius 3 is 2.68 bits per heavy atom. The molecule has 1 N–H and O–H groups in total. The van der Waals surface area contributed by atoms with Crippen molar-refractivity contribution in [1.29, 1.82) is 0 Å². The highest BCUT2D eigenvalue weighted by molar-refractivity contribution is 5.86. The topological polar surface area (TPSA) is 59.6 Å². The van der Waals surface area contributed by atoms with Crippen LogP contribution in [0.3, 0.4) is 0 Å². The number of ether oxygens (including phenoxy) is 1. The van der Waals surface area contributed by atoms with E-state index < -0.39 is 0 Å². The molecule has 0 amide bonds. The summed E-state index contributed by atoms with van der Waals surface area (Å²) in [4.78, 5) is 4.41. The second-order valence-corrected chi connectivity index (χ2v) is 4.59. The van der Waals surface area contributed by atoms with Crippen LogP contribution in [0.2, 0.25) is 0 Å². The fourth-order valence-electron chi connectivity index (χ4n) is 2.11. The summed E-state index contributed by atoms with van der Waals surface area (Å²) in [6.45, 7) is 0. The van der Waals surface area contributed by atoms with Crippen molar-refractivity contribution in [3.8, 4) is 17.2 Å². The monoisotopic (exact) mass is 293 g/mol. The summed E-state index contributed by atoms with van der Waals surface area (Å²) in [5.74, 6) is 1.16. The Morgan fingerprint density at radius 1 is 1.09 bits per heavy atom. The number of aliphatic imine (C=N–C) groups is 1.